The van der Waals surface area contributed by atoms with Gasteiger partial charge in [0.05, 0.1) is 0 Å². The predicted molar refractivity (Wildman–Crippen MR) is 208 cm³/mol. The zero-order valence-electron chi connectivity index (χ0n) is 12.8. The van der Waals surface area contributed by atoms with E-state index in [1.807, 2.05) is 0 Å². The van der Waals surface area contributed by atoms with Crippen LogP contribution in [0.3, 0.4) is 0 Å². The van der Waals surface area contributed by atoms with Gasteiger partial charge in [-0.15, -0.1) is 98.2 Å². The molecular weight excluding hydrogens is 774 g/mol. The highest BCUT2D eigenvalue weighted by molar-refractivity contribution is 9.40. The Balaban J connectivity index is 6.38. The average Bonchev–Trinajstić information content (AvgIpc) is 2.41. The Kier molecular flexibility index (Phi) is 28.3. The van der Waals surface area contributed by atoms with Crippen molar-refractivity contribution in [1.82, 2.24) is 0 Å². The topological polar surface area (TPSA) is 0 Å². The molecule has 0 saturated heterocycles. The van der Waals surface area contributed by atoms with E-state index in [0.29, 0.717) is 0 Å². The van der Waals surface area contributed by atoms with E-state index in [2.05, 4.69) is 116 Å². The van der Waals surface area contributed by atoms with Crippen molar-refractivity contribution >= 4 is 201 Å². The minimum Gasteiger partial charge on any atom is -0.102 e. The van der Waals surface area contributed by atoms with Gasteiger partial charge in [0.25, 0.3) is 0 Å². The SMILES string of the molecule is [PH]PP(P([PH])P)P(P(P)P)P(P(P(P)P)P(P)P)P(P(P)P)P(P)P. The Labute approximate surface area is 199 Å². The normalized spacial score (nSPS) is 16.6. The fourth-order valence-electron chi connectivity index (χ4n) is 1.27. The molecule has 15 atom stereocenters. The molecule has 0 bridgehead atoms. The second-order valence-electron chi connectivity index (χ2n) is 3.72. The minimum atomic E-state index is -0.114. The van der Waals surface area contributed by atoms with Crippen LogP contribution in [0.4, 0.5) is 0 Å². The summed E-state index contributed by atoms with van der Waals surface area (Å²) in [6.45, 7) is 0.0614. The molecule has 0 aromatic heterocycles. The minimum absolute atomic E-state index is 0.0268. The first-order valence-electron chi connectivity index (χ1n) is 5.54. The fraction of sp³-hybridized carbons (Fsp3) is 0. The standard InChI is InChI=1S/H25P25/c1-14-21(15(2)3)24(20(12)13)25(22(16(4)5)17(6)7)23(18(8)9)19(10)11/h1-2,14H,3-13H2. The van der Waals surface area contributed by atoms with Crippen molar-refractivity contribution in [2.75, 3.05) is 0 Å². The Bertz CT molecular complexity index is 298. The van der Waals surface area contributed by atoms with Crippen molar-refractivity contribution in [3.8, 4) is 0 Å². The van der Waals surface area contributed by atoms with E-state index < -0.39 is 0 Å². The van der Waals surface area contributed by atoms with E-state index in [1.165, 1.54) is 0 Å². The lowest BCUT2D eigenvalue weighted by molar-refractivity contribution is 4.45. The fourth-order valence-corrected chi connectivity index (χ4v) is 309. The van der Waals surface area contributed by atoms with E-state index in [0.717, 1.165) is 7.96 Å². The summed E-state index contributed by atoms with van der Waals surface area (Å²) in [7, 11) is 44.4. The monoisotopic (exact) mass is 800 g/mol. The number of hydrogen-bond acceptors (Lipinski definition) is 0. The molecule has 0 N–H and O–H groups in total. The lowest BCUT2D eigenvalue weighted by Gasteiger charge is -2.49. The van der Waals surface area contributed by atoms with E-state index >= 15 is 0 Å². The van der Waals surface area contributed by atoms with Gasteiger partial charge in [-0.3, -0.25) is 0 Å². The lowest BCUT2D eigenvalue weighted by atomic mass is 28.5. The van der Waals surface area contributed by atoms with Crippen LogP contribution < -0.4 is 0 Å². The summed E-state index contributed by atoms with van der Waals surface area (Å²) in [4.78, 5) is 0. The van der Waals surface area contributed by atoms with Gasteiger partial charge in [-0.2, -0.15) is 0 Å². The third-order valence-corrected chi connectivity index (χ3v) is 161. The van der Waals surface area contributed by atoms with Crippen LogP contribution >= 0.6 is 201 Å². The summed E-state index contributed by atoms with van der Waals surface area (Å²) < 4.78 is 0. The summed E-state index contributed by atoms with van der Waals surface area (Å²) in [5.74, 6) is 0. The van der Waals surface area contributed by atoms with Gasteiger partial charge < -0.3 is 0 Å². The molecule has 0 rings (SSSR count). The summed E-state index contributed by atoms with van der Waals surface area (Å²) in [5, 5.41) is 0. The van der Waals surface area contributed by atoms with Crippen LogP contribution in [0, 0.1) is 0 Å². The first-order chi connectivity index (χ1) is 11.4. The zero-order valence-corrected chi connectivity index (χ0v) is 38.3. The third kappa shape index (κ3) is 13.4. The van der Waals surface area contributed by atoms with Crippen LogP contribution in [0.1, 0.15) is 0 Å². The molecule has 0 aliphatic rings. The van der Waals surface area contributed by atoms with Crippen LogP contribution in [-0.4, -0.2) is 0 Å². The molecule has 0 aromatic rings. The highest BCUT2D eigenvalue weighted by Crippen LogP contribution is 3.34. The van der Waals surface area contributed by atoms with Gasteiger partial charge in [-0.1, -0.05) is 25.8 Å². The van der Waals surface area contributed by atoms with E-state index in [-0.39, 0.29) is 76.9 Å². The van der Waals surface area contributed by atoms with Crippen LogP contribution in [0.25, 0.3) is 0 Å². The highest BCUT2D eigenvalue weighted by Gasteiger charge is 2.46. The molecule has 0 spiro atoms. The van der Waals surface area contributed by atoms with Crippen molar-refractivity contribution in [2.24, 2.45) is 0 Å². The molecule has 0 heterocycles. The summed E-state index contributed by atoms with van der Waals surface area (Å²) in [5.41, 5.74) is 0. The Morgan fingerprint density at radius 2 is 0.760 bits per heavy atom. The molecule has 0 aliphatic carbocycles. The van der Waals surface area contributed by atoms with Crippen LogP contribution in [0.2, 0.25) is 0 Å². The van der Waals surface area contributed by atoms with Gasteiger partial charge in [0.15, 0.2) is 0 Å². The van der Waals surface area contributed by atoms with Crippen molar-refractivity contribution in [2.45, 2.75) is 0 Å². The molecule has 2 radical (unpaired) electrons. The van der Waals surface area contributed by atoms with Crippen molar-refractivity contribution in [3.63, 3.8) is 0 Å². The van der Waals surface area contributed by atoms with Gasteiger partial charge >= 0.3 is 0 Å². The van der Waals surface area contributed by atoms with Gasteiger partial charge in [-0.25, -0.2) is 0 Å². The largest absolute Gasteiger partial charge is 0.102 e. The molecule has 15 unspecified atom stereocenters. The molecule has 25 heteroatoms. The Hall–Kier alpha value is 10.7. The summed E-state index contributed by atoms with van der Waals surface area (Å²) in [6, 6.07) is 0. The second-order valence-corrected chi connectivity index (χ2v) is 100. The van der Waals surface area contributed by atoms with Crippen LogP contribution in [0.15, 0.2) is 0 Å². The highest BCUT2D eigenvalue weighted by atomic mass is 33.5. The maximum Gasteiger partial charge on any atom is -0.000444 e. The molecule has 150 valence electrons. The van der Waals surface area contributed by atoms with E-state index in [9.17, 15) is 0 Å². The van der Waals surface area contributed by atoms with Gasteiger partial charge in [0.1, 0.15) is 0 Å². The molecule has 0 amide bonds. The zero-order chi connectivity index (χ0) is 20.1. The van der Waals surface area contributed by atoms with Crippen molar-refractivity contribution in [3.05, 3.63) is 0 Å². The maximum atomic E-state index is 4.09. The van der Waals surface area contributed by atoms with E-state index in [4.69, 9.17) is 0 Å². The number of rotatable bonds is 11. The lowest BCUT2D eigenvalue weighted by Crippen LogP contribution is -1.60. The first kappa shape index (κ1) is 35.8. The summed E-state index contributed by atoms with van der Waals surface area (Å²) in [6.07, 6.45) is 0. The Morgan fingerprint density at radius 3 is 0.920 bits per heavy atom. The Morgan fingerprint density at radius 1 is 0.480 bits per heavy atom. The maximum absolute atomic E-state index is 4.09. The molecule has 0 fully saturated rings. The molecular formula is H25P25. The number of hydrogen-bond donors (Lipinski definition) is 0. The van der Waals surface area contributed by atoms with Crippen LogP contribution in [0.5, 0.6) is 0 Å². The molecule has 0 nitrogen and oxygen atoms in total. The van der Waals surface area contributed by atoms with Gasteiger partial charge in [-0.05, 0) is 76.9 Å². The quantitative estimate of drug-likeness (QED) is 0.183. The predicted octanol–water partition coefficient (Wildman–Crippen LogP) is 14.8. The van der Waals surface area contributed by atoms with E-state index in [1.54, 1.807) is 0 Å². The smallest absolute Gasteiger partial charge is 0.000444 e. The van der Waals surface area contributed by atoms with Crippen molar-refractivity contribution in [1.29, 1.82) is 0 Å². The molecule has 25 heavy (non-hydrogen) atoms. The van der Waals surface area contributed by atoms with Gasteiger partial charge in [0, 0.05) is 0 Å². The van der Waals surface area contributed by atoms with Crippen molar-refractivity contribution < 1.29 is 0 Å². The molecule has 0 saturated carbocycles. The van der Waals surface area contributed by atoms with Gasteiger partial charge in [0.2, 0.25) is 0 Å². The molecule has 0 aliphatic heterocycles. The molecule has 0 aromatic carbocycles. The third-order valence-electron chi connectivity index (χ3n) is 1.99. The van der Waals surface area contributed by atoms with Crippen LogP contribution in [-0.2, 0) is 0 Å². The second kappa shape index (κ2) is 19.8. The summed E-state index contributed by atoms with van der Waals surface area (Å²) >= 11 is 0. The first-order valence-corrected chi connectivity index (χ1v) is 49.8. The average molecular weight is 800 g/mol.